The third kappa shape index (κ3) is 3.52. The van der Waals surface area contributed by atoms with E-state index >= 15 is 0 Å². The van der Waals surface area contributed by atoms with Crippen LogP contribution in [0.5, 0.6) is 11.5 Å². The molecule has 2 rings (SSSR count). The fraction of sp³-hybridized carbons (Fsp3) is 0.294. The van der Waals surface area contributed by atoms with Gasteiger partial charge in [0.25, 0.3) is 0 Å². The zero-order chi connectivity index (χ0) is 14.4. The molecule has 2 aromatic rings. The second-order valence-corrected chi connectivity index (χ2v) is 4.64. The first-order valence-electron chi connectivity index (χ1n) is 6.84. The Kier molecular flexibility index (Phi) is 5.02. The molecule has 3 nitrogen and oxygen atoms in total. The highest BCUT2D eigenvalue weighted by Gasteiger charge is 2.05. The van der Waals surface area contributed by atoms with Gasteiger partial charge >= 0.3 is 0 Å². The second-order valence-electron chi connectivity index (χ2n) is 4.64. The molecule has 0 aliphatic rings. The van der Waals surface area contributed by atoms with Gasteiger partial charge in [0.1, 0.15) is 18.1 Å². The van der Waals surface area contributed by atoms with E-state index in [0.717, 1.165) is 29.0 Å². The van der Waals surface area contributed by atoms with Crippen LogP contribution in [0.25, 0.3) is 0 Å². The molecule has 20 heavy (non-hydrogen) atoms. The van der Waals surface area contributed by atoms with Crippen molar-refractivity contribution in [2.24, 2.45) is 5.73 Å². The maximum atomic E-state index is 5.87. The number of aryl methyl sites for hydroxylation is 1. The van der Waals surface area contributed by atoms with Crippen molar-refractivity contribution in [1.29, 1.82) is 0 Å². The van der Waals surface area contributed by atoms with Crippen LogP contribution in [0, 0.1) is 0 Å². The Morgan fingerprint density at radius 2 is 1.70 bits per heavy atom. The fourth-order valence-corrected chi connectivity index (χ4v) is 2.00. The lowest BCUT2D eigenvalue weighted by Crippen LogP contribution is -2.03. The van der Waals surface area contributed by atoms with Gasteiger partial charge in [-0.25, -0.2) is 0 Å². The molecule has 0 fully saturated rings. The molecule has 0 heterocycles. The molecule has 0 amide bonds. The van der Waals surface area contributed by atoms with Crippen LogP contribution in [0.1, 0.15) is 23.6 Å². The van der Waals surface area contributed by atoms with Gasteiger partial charge in [0.05, 0.1) is 7.11 Å². The highest BCUT2D eigenvalue weighted by molar-refractivity contribution is 5.40. The Balaban J connectivity index is 2.08. The molecule has 0 bridgehead atoms. The van der Waals surface area contributed by atoms with E-state index in [-0.39, 0.29) is 0 Å². The van der Waals surface area contributed by atoms with Crippen molar-refractivity contribution in [1.82, 2.24) is 0 Å². The van der Waals surface area contributed by atoms with Crippen molar-refractivity contribution in [3.05, 3.63) is 59.2 Å². The predicted octanol–water partition coefficient (Wildman–Crippen LogP) is 3.30. The van der Waals surface area contributed by atoms with Gasteiger partial charge in [-0.15, -0.1) is 0 Å². The zero-order valence-electron chi connectivity index (χ0n) is 12.1. The Bertz CT molecular complexity index is 549. The van der Waals surface area contributed by atoms with Crippen LogP contribution in [-0.2, 0) is 19.6 Å². The smallest absolute Gasteiger partial charge is 0.127 e. The minimum Gasteiger partial charge on any atom is -0.497 e. The van der Waals surface area contributed by atoms with Crippen LogP contribution in [0.15, 0.2) is 42.5 Å². The summed E-state index contributed by atoms with van der Waals surface area (Å²) in [5.74, 6) is 1.56. The molecule has 0 aliphatic carbocycles. The molecule has 0 aliphatic heterocycles. The Morgan fingerprint density at radius 1 is 1.00 bits per heavy atom. The summed E-state index contributed by atoms with van der Waals surface area (Å²) in [5, 5.41) is 0. The van der Waals surface area contributed by atoms with Crippen LogP contribution in [0.3, 0.4) is 0 Å². The lowest BCUT2D eigenvalue weighted by atomic mass is 10.1. The maximum Gasteiger partial charge on any atom is 0.127 e. The molecule has 3 heteroatoms. The monoisotopic (exact) mass is 271 g/mol. The number of nitrogens with two attached hydrogens (primary N) is 1. The van der Waals surface area contributed by atoms with E-state index in [4.69, 9.17) is 15.2 Å². The van der Waals surface area contributed by atoms with Gasteiger partial charge < -0.3 is 15.2 Å². The van der Waals surface area contributed by atoms with Crippen molar-refractivity contribution in [3.8, 4) is 11.5 Å². The topological polar surface area (TPSA) is 44.5 Å². The average molecular weight is 271 g/mol. The summed E-state index contributed by atoms with van der Waals surface area (Å²) >= 11 is 0. The van der Waals surface area contributed by atoms with Crippen LogP contribution in [-0.4, -0.2) is 7.11 Å². The molecule has 0 spiro atoms. The minimum atomic E-state index is 0.452. The Morgan fingerprint density at radius 3 is 2.30 bits per heavy atom. The molecule has 0 radical (unpaired) electrons. The quantitative estimate of drug-likeness (QED) is 0.876. The third-order valence-electron chi connectivity index (χ3n) is 3.32. The molecule has 2 aromatic carbocycles. The highest BCUT2D eigenvalue weighted by Crippen LogP contribution is 2.25. The van der Waals surface area contributed by atoms with Gasteiger partial charge in [-0.3, -0.25) is 0 Å². The van der Waals surface area contributed by atoms with Gasteiger partial charge in [-0.1, -0.05) is 37.3 Å². The molecule has 0 unspecified atom stereocenters. The van der Waals surface area contributed by atoms with Crippen molar-refractivity contribution < 1.29 is 9.47 Å². The van der Waals surface area contributed by atoms with E-state index in [2.05, 4.69) is 31.2 Å². The molecule has 0 atom stereocenters. The molecule has 0 saturated heterocycles. The van der Waals surface area contributed by atoms with E-state index in [9.17, 15) is 0 Å². The number of benzene rings is 2. The van der Waals surface area contributed by atoms with Crippen molar-refractivity contribution in [2.45, 2.75) is 26.5 Å². The summed E-state index contributed by atoms with van der Waals surface area (Å²) in [6.45, 7) is 3.13. The molecular weight excluding hydrogens is 250 g/mol. The molecule has 106 valence electrons. The summed E-state index contributed by atoms with van der Waals surface area (Å²) in [5.41, 5.74) is 9.19. The highest BCUT2D eigenvalue weighted by atomic mass is 16.5. The van der Waals surface area contributed by atoms with Gasteiger partial charge in [-0.2, -0.15) is 0 Å². The SMILES string of the molecule is CCc1ccc(COc2cc(OC)ccc2CN)cc1. The molecule has 2 N–H and O–H groups in total. The number of methoxy groups -OCH3 is 1. The first kappa shape index (κ1) is 14.4. The van der Waals surface area contributed by atoms with E-state index in [1.54, 1.807) is 7.11 Å². The van der Waals surface area contributed by atoms with E-state index in [1.807, 2.05) is 18.2 Å². The van der Waals surface area contributed by atoms with Crippen LogP contribution in [0.4, 0.5) is 0 Å². The first-order valence-corrected chi connectivity index (χ1v) is 6.84. The van der Waals surface area contributed by atoms with Gasteiger partial charge in [-0.05, 0) is 23.6 Å². The van der Waals surface area contributed by atoms with Crippen molar-refractivity contribution in [2.75, 3.05) is 7.11 Å². The summed E-state index contributed by atoms with van der Waals surface area (Å²) in [6.07, 6.45) is 1.05. The predicted molar refractivity (Wildman–Crippen MR) is 81.0 cm³/mol. The molecule has 0 aromatic heterocycles. The maximum absolute atomic E-state index is 5.87. The Hall–Kier alpha value is -2.00. The summed E-state index contributed by atoms with van der Waals surface area (Å²) in [4.78, 5) is 0. The van der Waals surface area contributed by atoms with Crippen molar-refractivity contribution in [3.63, 3.8) is 0 Å². The summed E-state index contributed by atoms with van der Waals surface area (Å²) in [6, 6.07) is 14.2. The number of hydrogen-bond acceptors (Lipinski definition) is 3. The number of hydrogen-bond donors (Lipinski definition) is 1. The van der Waals surface area contributed by atoms with Crippen LogP contribution in [0.2, 0.25) is 0 Å². The van der Waals surface area contributed by atoms with Gasteiger partial charge in [0, 0.05) is 18.2 Å². The lowest BCUT2D eigenvalue weighted by Gasteiger charge is -2.12. The largest absolute Gasteiger partial charge is 0.497 e. The van der Waals surface area contributed by atoms with Crippen molar-refractivity contribution >= 4 is 0 Å². The van der Waals surface area contributed by atoms with Gasteiger partial charge in [0.15, 0.2) is 0 Å². The van der Waals surface area contributed by atoms with E-state index in [1.165, 1.54) is 5.56 Å². The molecular formula is C17H21NO2. The summed E-state index contributed by atoms with van der Waals surface area (Å²) < 4.78 is 11.1. The van der Waals surface area contributed by atoms with Crippen LogP contribution < -0.4 is 15.2 Å². The first-order chi connectivity index (χ1) is 9.76. The minimum absolute atomic E-state index is 0.452. The third-order valence-corrected chi connectivity index (χ3v) is 3.32. The lowest BCUT2D eigenvalue weighted by molar-refractivity contribution is 0.300. The summed E-state index contributed by atoms with van der Waals surface area (Å²) in [7, 11) is 1.64. The zero-order valence-corrected chi connectivity index (χ0v) is 12.1. The van der Waals surface area contributed by atoms with E-state index < -0.39 is 0 Å². The standard InChI is InChI=1S/C17H21NO2/c1-3-13-4-6-14(7-5-13)12-20-17-10-16(19-2)9-8-15(17)11-18/h4-10H,3,11-12,18H2,1-2H3. The van der Waals surface area contributed by atoms with Crippen LogP contribution >= 0.6 is 0 Å². The average Bonchev–Trinajstić information content (AvgIpc) is 2.53. The normalized spacial score (nSPS) is 10.3. The van der Waals surface area contributed by atoms with Gasteiger partial charge in [0.2, 0.25) is 0 Å². The number of rotatable bonds is 6. The second kappa shape index (κ2) is 6.96. The number of ether oxygens (including phenoxy) is 2. The molecule has 0 saturated carbocycles. The van der Waals surface area contributed by atoms with E-state index in [0.29, 0.717) is 13.2 Å². The fourth-order valence-electron chi connectivity index (χ4n) is 2.00. The Labute approximate surface area is 120 Å².